The van der Waals surface area contributed by atoms with Gasteiger partial charge in [-0.1, -0.05) is 49.7 Å². The van der Waals surface area contributed by atoms with Gasteiger partial charge in [-0.15, -0.1) is 0 Å². The number of benzene rings is 1. The van der Waals surface area contributed by atoms with Crippen molar-refractivity contribution in [2.45, 2.75) is 45.9 Å². The van der Waals surface area contributed by atoms with Gasteiger partial charge in [-0.3, -0.25) is 25.5 Å². The monoisotopic (exact) mass is 525 g/mol. The van der Waals surface area contributed by atoms with Gasteiger partial charge in [0.1, 0.15) is 6.54 Å². The predicted molar refractivity (Wildman–Crippen MR) is 129 cm³/mol. The molecule has 1 aliphatic rings. The first-order valence-electron chi connectivity index (χ1n) is 11.0. The molecule has 194 valence electrons. The van der Waals surface area contributed by atoms with Crippen molar-refractivity contribution in [2.24, 2.45) is 15.6 Å². The average molecular weight is 526 g/mol. The Kier molecular flexibility index (Phi) is 7.94. The summed E-state index contributed by atoms with van der Waals surface area (Å²) in [5.74, 6) is -0.273. The molecular weight excluding hydrogens is 499 g/mol. The lowest BCUT2D eigenvalue weighted by Gasteiger charge is -2.28. The quantitative estimate of drug-likeness (QED) is 0.292. The largest absolute Gasteiger partial charge is 0.437 e. The van der Waals surface area contributed by atoms with Crippen LogP contribution in [0.3, 0.4) is 0 Å². The number of halogens is 4. The predicted octanol–water partition coefficient (Wildman–Crippen LogP) is 4.51. The SMILES string of the molecule is Cc1cc(C2=NOC(c3cc(Cl)ccn3)(C(F)(F)F)C2)ccc1C(=NCC(=O)NCC(C)(C)C)NO. The fourth-order valence-electron chi connectivity index (χ4n) is 3.51. The van der Waals surface area contributed by atoms with Crippen LogP contribution in [0, 0.1) is 12.3 Å². The zero-order valence-electron chi connectivity index (χ0n) is 20.2. The van der Waals surface area contributed by atoms with Crippen molar-refractivity contribution in [3.05, 3.63) is 63.9 Å². The van der Waals surface area contributed by atoms with Gasteiger partial charge >= 0.3 is 6.18 Å². The molecule has 1 aliphatic heterocycles. The minimum atomic E-state index is -4.81. The number of hydrogen-bond acceptors (Lipinski definition) is 6. The van der Waals surface area contributed by atoms with Crippen LogP contribution in [0.15, 0.2) is 46.7 Å². The van der Waals surface area contributed by atoms with Crippen molar-refractivity contribution >= 4 is 29.1 Å². The summed E-state index contributed by atoms with van der Waals surface area (Å²) in [5, 5.41) is 16.2. The number of hydrogen-bond donors (Lipinski definition) is 3. The number of amidine groups is 1. The van der Waals surface area contributed by atoms with Gasteiger partial charge in [0.25, 0.3) is 5.60 Å². The van der Waals surface area contributed by atoms with Crippen LogP contribution in [0.5, 0.6) is 0 Å². The van der Waals surface area contributed by atoms with Crippen LogP contribution in [-0.4, -0.2) is 46.9 Å². The number of nitrogens with one attached hydrogen (secondary N) is 2. The average Bonchev–Trinajstić information content (AvgIpc) is 3.25. The van der Waals surface area contributed by atoms with Crippen molar-refractivity contribution in [1.82, 2.24) is 15.8 Å². The molecule has 3 rings (SSSR count). The zero-order valence-corrected chi connectivity index (χ0v) is 21.0. The molecule has 8 nitrogen and oxygen atoms in total. The van der Waals surface area contributed by atoms with E-state index < -0.39 is 23.9 Å². The summed E-state index contributed by atoms with van der Waals surface area (Å²) in [7, 11) is 0. The zero-order chi connectivity index (χ0) is 26.7. The fourth-order valence-corrected chi connectivity index (χ4v) is 3.67. The van der Waals surface area contributed by atoms with Crippen LogP contribution in [0.2, 0.25) is 5.02 Å². The third kappa shape index (κ3) is 6.14. The van der Waals surface area contributed by atoms with Gasteiger partial charge in [0.15, 0.2) is 5.84 Å². The molecule has 3 N–H and O–H groups in total. The minimum Gasteiger partial charge on any atom is -0.372 e. The number of amides is 1. The Morgan fingerprint density at radius 2 is 1.97 bits per heavy atom. The van der Waals surface area contributed by atoms with Gasteiger partial charge in [0, 0.05) is 23.3 Å². The number of rotatable bonds is 6. The molecule has 1 aromatic heterocycles. The van der Waals surface area contributed by atoms with Crippen LogP contribution >= 0.6 is 11.6 Å². The van der Waals surface area contributed by atoms with Crippen LogP contribution < -0.4 is 10.8 Å². The van der Waals surface area contributed by atoms with E-state index in [1.165, 1.54) is 18.3 Å². The molecule has 0 spiro atoms. The number of carbonyl (C=O) groups is 1. The van der Waals surface area contributed by atoms with Crippen LogP contribution in [0.1, 0.15) is 49.6 Å². The maximum absolute atomic E-state index is 14.1. The summed E-state index contributed by atoms with van der Waals surface area (Å²) in [5.41, 5.74) is 0.236. The summed E-state index contributed by atoms with van der Waals surface area (Å²) in [6.45, 7) is 7.87. The summed E-state index contributed by atoms with van der Waals surface area (Å²) in [6, 6.07) is 7.18. The van der Waals surface area contributed by atoms with Gasteiger partial charge in [-0.25, -0.2) is 0 Å². The molecule has 1 atom stereocenters. The lowest BCUT2D eigenvalue weighted by Crippen LogP contribution is -2.43. The number of aryl methyl sites for hydroxylation is 1. The van der Waals surface area contributed by atoms with E-state index >= 15 is 0 Å². The summed E-state index contributed by atoms with van der Waals surface area (Å²) < 4.78 is 42.4. The highest BCUT2D eigenvalue weighted by Gasteiger charge is 2.63. The standard InChI is InChI=1S/C24H27ClF3N5O3/c1-14-9-15(5-6-17(14)21(32-35)30-12-20(34)31-13-22(2,3)4)18-11-23(36-33-18,24(26,27)28)19-10-16(25)7-8-29-19/h5-10,35H,11-13H2,1-4H3,(H,30,32)(H,31,34). The van der Waals surface area contributed by atoms with Crippen LogP contribution in [-0.2, 0) is 15.2 Å². The topological polar surface area (TPSA) is 108 Å². The lowest BCUT2D eigenvalue weighted by molar-refractivity contribution is -0.277. The van der Waals surface area contributed by atoms with Crippen LogP contribution in [0.4, 0.5) is 13.2 Å². The molecule has 1 unspecified atom stereocenters. The van der Waals surface area contributed by atoms with E-state index in [1.54, 1.807) is 19.1 Å². The minimum absolute atomic E-state index is 0.0438. The number of aromatic nitrogens is 1. The number of pyridine rings is 1. The first kappa shape index (κ1) is 27.4. The highest BCUT2D eigenvalue weighted by atomic mass is 35.5. The first-order valence-corrected chi connectivity index (χ1v) is 11.4. The summed E-state index contributed by atoms with van der Waals surface area (Å²) in [6.07, 6.45) is -4.23. The first-order chi connectivity index (χ1) is 16.8. The molecule has 0 bridgehead atoms. The molecule has 0 saturated heterocycles. The number of nitrogens with zero attached hydrogens (tertiary/aromatic N) is 3. The van der Waals surface area contributed by atoms with Gasteiger partial charge in [-0.2, -0.15) is 13.2 Å². The summed E-state index contributed by atoms with van der Waals surface area (Å²) in [4.78, 5) is 25.0. The highest BCUT2D eigenvalue weighted by Crippen LogP contribution is 2.48. The Bertz CT molecular complexity index is 1190. The molecule has 2 heterocycles. The van der Waals surface area contributed by atoms with Crippen LogP contribution in [0.25, 0.3) is 0 Å². The van der Waals surface area contributed by atoms with Crippen molar-refractivity contribution in [3.8, 4) is 0 Å². The Labute approximate surface area is 211 Å². The Morgan fingerprint density at radius 3 is 2.56 bits per heavy atom. The molecule has 0 saturated carbocycles. The van der Waals surface area contributed by atoms with E-state index in [4.69, 9.17) is 16.4 Å². The lowest BCUT2D eigenvalue weighted by atomic mass is 9.89. The highest BCUT2D eigenvalue weighted by molar-refractivity contribution is 6.30. The van der Waals surface area contributed by atoms with Crippen molar-refractivity contribution in [1.29, 1.82) is 0 Å². The second-order valence-corrected chi connectivity index (χ2v) is 10.1. The molecule has 1 amide bonds. The van der Waals surface area contributed by atoms with Gasteiger partial charge in [0.05, 0.1) is 17.8 Å². The number of oxime groups is 1. The maximum Gasteiger partial charge on any atom is 0.437 e. The van der Waals surface area contributed by atoms with E-state index in [9.17, 15) is 23.2 Å². The molecular formula is C24H27ClF3N5O3. The second kappa shape index (κ2) is 10.4. The van der Waals surface area contributed by atoms with Gasteiger partial charge in [0.2, 0.25) is 5.91 Å². The van der Waals surface area contributed by atoms with Crippen molar-refractivity contribution < 1.29 is 28.0 Å². The number of carbonyl (C=O) groups excluding carboxylic acids is 1. The van der Waals surface area contributed by atoms with E-state index in [0.29, 0.717) is 23.2 Å². The summed E-state index contributed by atoms with van der Waals surface area (Å²) >= 11 is 5.89. The number of aliphatic imine (C=N–C) groups is 1. The molecule has 1 aromatic carbocycles. The number of hydroxylamine groups is 1. The third-order valence-corrected chi connectivity index (χ3v) is 5.67. The molecule has 0 radical (unpaired) electrons. The molecule has 0 aliphatic carbocycles. The van der Waals surface area contributed by atoms with E-state index in [2.05, 4.69) is 20.4 Å². The van der Waals surface area contributed by atoms with Gasteiger partial charge in [-0.05, 0) is 41.7 Å². The van der Waals surface area contributed by atoms with Crippen molar-refractivity contribution in [3.63, 3.8) is 0 Å². The molecule has 12 heteroatoms. The smallest absolute Gasteiger partial charge is 0.372 e. The second-order valence-electron chi connectivity index (χ2n) is 9.63. The third-order valence-electron chi connectivity index (χ3n) is 5.44. The fraction of sp³-hybridized carbons (Fsp3) is 0.417. The van der Waals surface area contributed by atoms with E-state index in [0.717, 1.165) is 6.07 Å². The maximum atomic E-state index is 14.1. The Morgan fingerprint density at radius 1 is 1.25 bits per heavy atom. The van der Waals surface area contributed by atoms with E-state index in [1.807, 2.05) is 26.3 Å². The molecule has 36 heavy (non-hydrogen) atoms. The molecule has 0 fully saturated rings. The van der Waals surface area contributed by atoms with Crippen molar-refractivity contribution in [2.75, 3.05) is 13.1 Å². The Hall–Kier alpha value is -3.18. The molecule has 2 aromatic rings. The normalized spacial score (nSPS) is 18.5. The van der Waals surface area contributed by atoms with Gasteiger partial charge < -0.3 is 10.2 Å². The Balaban J connectivity index is 1.81. The van der Waals surface area contributed by atoms with E-state index in [-0.39, 0.29) is 34.4 Å². The number of alkyl halides is 3.